The van der Waals surface area contributed by atoms with Gasteiger partial charge >= 0.3 is 0 Å². The molecule has 1 aliphatic heterocycles. The van der Waals surface area contributed by atoms with Crippen LogP contribution in [0.1, 0.15) is 19.8 Å². The number of hydrogen-bond donors (Lipinski definition) is 2. The molecule has 0 aromatic rings. The van der Waals surface area contributed by atoms with E-state index in [1.807, 2.05) is 6.92 Å². The number of carbonyl (C=O) groups excluding carboxylic acids is 1. The molecule has 0 aliphatic carbocycles. The van der Waals surface area contributed by atoms with Gasteiger partial charge in [-0.2, -0.15) is 0 Å². The van der Waals surface area contributed by atoms with E-state index in [0.29, 0.717) is 0 Å². The Hall–Kier alpha value is -0.610. The lowest BCUT2D eigenvalue weighted by Crippen LogP contribution is -2.43. The van der Waals surface area contributed by atoms with Gasteiger partial charge in [0.1, 0.15) is 0 Å². The van der Waals surface area contributed by atoms with Crippen molar-refractivity contribution in [1.29, 1.82) is 0 Å². The third kappa shape index (κ3) is 3.32. The maximum Gasteiger partial charge on any atom is 0.220 e. The Morgan fingerprint density at radius 3 is 2.46 bits per heavy atom. The monoisotopic (exact) mass is 185 g/mol. The first-order chi connectivity index (χ1) is 6.09. The van der Waals surface area contributed by atoms with Crippen molar-refractivity contribution in [2.24, 2.45) is 17.4 Å². The molecule has 13 heavy (non-hydrogen) atoms. The molecular weight excluding hydrogens is 166 g/mol. The highest BCUT2D eigenvalue weighted by Gasteiger charge is 2.22. The van der Waals surface area contributed by atoms with Crippen molar-refractivity contribution >= 4 is 5.91 Å². The van der Waals surface area contributed by atoms with E-state index in [9.17, 15) is 4.79 Å². The number of nitrogens with zero attached hydrogens (tertiary/aromatic N) is 1. The second-order valence-corrected chi connectivity index (χ2v) is 3.95. The van der Waals surface area contributed by atoms with E-state index in [4.69, 9.17) is 11.5 Å². The molecule has 76 valence electrons. The van der Waals surface area contributed by atoms with E-state index in [0.717, 1.165) is 32.5 Å². The van der Waals surface area contributed by atoms with Gasteiger partial charge in [-0.25, -0.2) is 0 Å². The van der Waals surface area contributed by atoms with E-state index in [2.05, 4.69) is 4.90 Å². The molecule has 4 nitrogen and oxygen atoms in total. The second-order valence-electron chi connectivity index (χ2n) is 3.95. The minimum Gasteiger partial charge on any atom is -0.369 e. The van der Waals surface area contributed by atoms with Crippen LogP contribution in [0, 0.1) is 5.92 Å². The van der Waals surface area contributed by atoms with Crippen LogP contribution in [0.15, 0.2) is 0 Å². The largest absolute Gasteiger partial charge is 0.369 e. The molecule has 0 saturated carbocycles. The normalized spacial score (nSPS) is 22.9. The zero-order chi connectivity index (χ0) is 9.84. The van der Waals surface area contributed by atoms with Gasteiger partial charge in [0.15, 0.2) is 0 Å². The van der Waals surface area contributed by atoms with Crippen molar-refractivity contribution in [3.05, 3.63) is 0 Å². The van der Waals surface area contributed by atoms with Gasteiger partial charge in [0, 0.05) is 18.5 Å². The molecule has 1 atom stereocenters. The summed E-state index contributed by atoms with van der Waals surface area (Å²) in [6.07, 6.45) is 1.78. The Bertz CT molecular complexity index is 174. The fourth-order valence-corrected chi connectivity index (χ4v) is 1.81. The molecule has 0 radical (unpaired) electrons. The van der Waals surface area contributed by atoms with Crippen LogP contribution in [-0.4, -0.2) is 36.5 Å². The van der Waals surface area contributed by atoms with Crippen LogP contribution in [-0.2, 0) is 4.79 Å². The minimum atomic E-state index is -0.152. The highest BCUT2D eigenvalue weighted by molar-refractivity contribution is 5.76. The van der Waals surface area contributed by atoms with Crippen LogP contribution in [0.2, 0.25) is 0 Å². The number of likely N-dealkylation sites (tertiary alicyclic amines) is 1. The summed E-state index contributed by atoms with van der Waals surface area (Å²) in [6, 6.07) is 0.213. The fraction of sp³-hybridized carbons (Fsp3) is 0.889. The van der Waals surface area contributed by atoms with Crippen molar-refractivity contribution in [2.45, 2.75) is 25.8 Å². The lowest BCUT2D eigenvalue weighted by Gasteiger charge is -2.31. The quantitative estimate of drug-likeness (QED) is 0.624. The standard InChI is InChI=1S/C9H19N3O/c1-7(10)6-12-4-2-8(3-5-12)9(11)13/h7-8H,2-6,10H2,1H3,(H2,11,13). The van der Waals surface area contributed by atoms with E-state index >= 15 is 0 Å². The molecule has 1 aliphatic rings. The number of piperidine rings is 1. The summed E-state index contributed by atoms with van der Waals surface area (Å²) in [6.45, 7) is 4.83. The number of amides is 1. The maximum atomic E-state index is 10.9. The Morgan fingerprint density at radius 2 is 2.08 bits per heavy atom. The lowest BCUT2D eigenvalue weighted by molar-refractivity contribution is -0.123. The van der Waals surface area contributed by atoms with E-state index in [-0.39, 0.29) is 17.9 Å². The summed E-state index contributed by atoms with van der Waals surface area (Å²) in [4.78, 5) is 13.2. The highest BCUT2D eigenvalue weighted by atomic mass is 16.1. The summed E-state index contributed by atoms with van der Waals surface area (Å²) < 4.78 is 0. The predicted octanol–water partition coefficient (Wildman–Crippen LogP) is -0.469. The fourth-order valence-electron chi connectivity index (χ4n) is 1.81. The molecule has 1 fully saturated rings. The zero-order valence-corrected chi connectivity index (χ0v) is 8.20. The predicted molar refractivity (Wildman–Crippen MR) is 52.0 cm³/mol. The lowest BCUT2D eigenvalue weighted by atomic mass is 9.96. The molecule has 1 amide bonds. The Kier molecular flexibility index (Phi) is 3.69. The van der Waals surface area contributed by atoms with Crippen LogP contribution in [0.3, 0.4) is 0 Å². The number of hydrogen-bond acceptors (Lipinski definition) is 3. The molecule has 1 heterocycles. The van der Waals surface area contributed by atoms with Crippen LogP contribution in [0.4, 0.5) is 0 Å². The van der Waals surface area contributed by atoms with Gasteiger partial charge in [0.05, 0.1) is 0 Å². The molecule has 4 heteroatoms. The molecule has 4 N–H and O–H groups in total. The van der Waals surface area contributed by atoms with Gasteiger partial charge in [-0.15, -0.1) is 0 Å². The molecule has 0 aromatic heterocycles. The minimum absolute atomic E-state index is 0.0873. The summed E-state index contributed by atoms with van der Waals surface area (Å²) in [7, 11) is 0. The van der Waals surface area contributed by atoms with Crippen LogP contribution in [0.25, 0.3) is 0 Å². The summed E-state index contributed by atoms with van der Waals surface area (Å²) in [5.41, 5.74) is 10.9. The van der Waals surface area contributed by atoms with Crippen molar-refractivity contribution < 1.29 is 4.79 Å². The molecule has 1 rings (SSSR count). The van der Waals surface area contributed by atoms with E-state index in [1.165, 1.54) is 0 Å². The average molecular weight is 185 g/mol. The summed E-state index contributed by atoms with van der Waals surface area (Å²) in [5.74, 6) is -0.0650. The maximum absolute atomic E-state index is 10.9. The molecule has 1 unspecified atom stereocenters. The van der Waals surface area contributed by atoms with Gasteiger partial charge in [0.25, 0.3) is 0 Å². The first-order valence-electron chi connectivity index (χ1n) is 4.87. The Labute approximate surface area is 79.3 Å². The number of nitrogens with two attached hydrogens (primary N) is 2. The number of rotatable bonds is 3. The Balaban J connectivity index is 2.26. The molecule has 1 saturated heterocycles. The number of primary amides is 1. The topological polar surface area (TPSA) is 72.3 Å². The van der Waals surface area contributed by atoms with Crippen molar-refractivity contribution in [3.8, 4) is 0 Å². The summed E-state index contributed by atoms with van der Waals surface area (Å²) >= 11 is 0. The first kappa shape index (κ1) is 10.5. The highest BCUT2D eigenvalue weighted by Crippen LogP contribution is 2.16. The molecule has 0 aromatic carbocycles. The molecule has 0 bridgehead atoms. The third-order valence-corrected chi connectivity index (χ3v) is 2.54. The van der Waals surface area contributed by atoms with Gasteiger partial charge < -0.3 is 16.4 Å². The molecular formula is C9H19N3O. The van der Waals surface area contributed by atoms with Crippen LogP contribution in [0.5, 0.6) is 0 Å². The van der Waals surface area contributed by atoms with Crippen LogP contribution < -0.4 is 11.5 Å². The average Bonchev–Trinajstić information content (AvgIpc) is 2.04. The van der Waals surface area contributed by atoms with Gasteiger partial charge in [-0.3, -0.25) is 4.79 Å². The number of carbonyl (C=O) groups is 1. The zero-order valence-electron chi connectivity index (χ0n) is 8.20. The van der Waals surface area contributed by atoms with Gasteiger partial charge in [-0.1, -0.05) is 0 Å². The van der Waals surface area contributed by atoms with Gasteiger partial charge in [-0.05, 0) is 32.9 Å². The second kappa shape index (κ2) is 4.58. The van der Waals surface area contributed by atoms with E-state index in [1.54, 1.807) is 0 Å². The van der Waals surface area contributed by atoms with Crippen molar-refractivity contribution in [2.75, 3.05) is 19.6 Å². The Morgan fingerprint density at radius 1 is 1.54 bits per heavy atom. The van der Waals surface area contributed by atoms with E-state index < -0.39 is 0 Å². The SMILES string of the molecule is CC(N)CN1CCC(C(N)=O)CC1. The smallest absolute Gasteiger partial charge is 0.220 e. The first-order valence-corrected chi connectivity index (χ1v) is 4.87. The van der Waals surface area contributed by atoms with Crippen molar-refractivity contribution in [1.82, 2.24) is 4.90 Å². The van der Waals surface area contributed by atoms with Gasteiger partial charge in [0.2, 0.25) is 5.91 Å². The van der Waals surface area contributed by atoms with Crippen LogP contribution >= 0.6 is 0 Å². The van der Waals surface area contributed by atoms with Crippen molar-refractivity contribution in [3.63, 3.8) is 0 Å². The molecule has 0 spiro atoms. The third-order valence-electron chi connectivity index (χ3n) is 2.54. The summed E-state index contributed by atoms with van der Waals surface area (Å²) in [5, 5.41) is 0.